The summed E-state index contributed by atoms with van der Waals surface area (Å²) in [4.78, 5) is 15.2. The maximum absolute atomic E-state index is 11.3. The summed E-state index contributed by atoms with van der Waals surface area (Å²) in [6, 6.07) is 8.79. The van der Waals surface area contributed by atoms with Gasteiger partial charge in [0.15, 0.2) is 0 Å². The second-order valence-corrected chi connectivity index (χ2v) is 4.15. The minimum Gasteiger partial charge on any atom is -0.496 e. The van der Waals surface area contributed by atoms with Gasteiger partial charge in [-0.25, -0.2) is 4.79 Å². The van der Waals surface area contributed by atoms with E-state index < -0.39 is 5.97 Å². The highest BCUT2D eigenvalue weighted by molar-refractivity contribution is 5.92. The van der Waals surface area contributed by atoms with Crippen molar-refractivity contribution >= 4 is 5.97 Å². The first-order chi connectivity index (χ1) is 9.72. The van der Waals surface area contributed by atoms with Gasteiger partial charge >= 0.3 is 5.97 Å². The molecule has 0 unspecified atom stereocenters. The van der Waals surface area contributed by atoms with Crippen molar-refractivity contribution in [2.45, 2.75) is 13.2 Å². The fourth-order valence-electron chi connectivity index (χ4n) is 1.87. The number of pyridine rings is 1. The molecule has 0 fully saturated rings. The standard InChI is InChI=1S/C15H15NO4/c1-19-13-4-2-3-12(14(13)15(17)18)10-20-9-11-5-7-16-8-6-11/h2-8H,9-10H2,1H3,(H,17,18). The molecule has 0 spiro atoms. The molecule has 2 rings (SSSR count). The molecule has 5 heteroatoms. The largest absolute Gasteiger partial charge is 0.496 e. The lowest BCUT2D eigenvalue weighted by Crippen LogP contribution is -2.07. The summed E-state index contributed by atoms with van der Waals surface area (Å²) in [6.07, 6.45) is 3.37. The molecule has 2 aromatic rings. The number of carboxylic acid groups (broad SMARTS) is 1. The number of carboxylic acids is 1. The number of nitrogens with zero attached hydrogens (tertiary/aromatic N) is 1. The third-order valence-electron chi connectivity index (χ3n) is 2.82. The predicted octanol–water partition coefficient (Wildman–Crippen LogP) is 2.51. The van der Waals surface area contributed by atoms with Gasteiger partial charge in [-0.3, -0.25) is 4.98 Å². The quantitative estimate of drug-likeness (QED) is 0.875. The highest BCUT2D eigenvalue weighted by Gasteiger charge is 2.15. The first-order valence-electron chi connectivity index (χ1n) is 6.08. The van der Waals surface area contributed by atoms with E-state index in [1.165, 1.54) is 7.11 Å². The average Bonchev–Trinajstić information content (AvgIpc) is 2.47. The average molecular weight is 273 g/mol. The molecule has 0 atom stereocenters. The number of aromatic carboxylic acids is 1. The van der Waals surface area contributed by atoms with Crippen LogP contribution in [0.15, 0.2) is 42.7 Å². The molecule has 0 saturated heterocycles. The molecule has 0 radical (unpaired) electrons. The number of hydrogen-bond acceptors (Lipinski definition) is 4. The number of methoxy groups -OCH3 is 1. The second kappa shape index (κ2) is 6.68. The van der Waals surface area contributed by atoms with E-state index in [1.54, 1.807) is 30.6 Å². The summed E-state index contributed by atoms with van der Waals surface area (Å²) < 4.78 is 10.6. The first kappa shape index (κ1) is 14.0. The van der Waals surface area contributed by atoms with Crippen LogP contribution in [-0.2, 0) is 18.0 Å². The Morgan fingerprint density at radius 2 is 1.95 bits per heavy atom. The van der Waals surface area contributed by atoms with Crippen molar-refractivity contribution in [2.75, 3.05) is 7.11 Å². The molecule has 1 heterocycles. The summed E-state index contributed by atoms with van der Waals surface area (Å²) >= 11 is 0. The van der Waals surface area contributed by atoms with E-state index in [2.05, 4.69) is 4.98 Å². The van der Waals surface area contributed by atoms with Crippen LogP contribution in [0.1, 0.15) is 21.5 Å². The van der Waals surface area contributed by atoms with E-state index in [4.69, 9.17) is 9.47 Å². The molecule has 0 aliphatic rings. The van der Waals surface area contributed by atoms with Crippen LogP contribution in [-0.4, -0.2) is 23.2 Å². The molecule has 5 nitrogen and oxygen atoms in total. The van der Waals surface area contributed by atoms with Crippen LogP contribution in [0.5, 0.6) is 5.75 Å². The Labute approximate surface area is 116 Å². The van der Waals surface area contributed by atoms with Crippen LogP contribution in [0, 0.1) is 0 Å². The predicted molar refractivity (Wildman–Crippen MR) is 72.7 cm³/mol. The van der Waals surface area contributed by atoms with Crippen molar-refractivity contribution in [3.8, 4) is 5.75 Å². The van der Waals surface area contributed by atoms with Crippen molar-refractivity contribution in [3.05, 3.63) is 59.4 Å². The maximum Gasteiger partial charge on any atom is 0.339 e. The molecular weight excluding hydrogens is 258 g/mol. The van der Waals surface area contributed by atoms with Gasteiger partial charge in [0.05, 0.1) is 20.3 Å². The molecule has 0 aliphatic carbocycles. The summed E-state index contributed by atoms with van der Waals surface area (Å²) in [6.45, 7) is 0.611. The monoisotopic (exact) mass is 273 g/mol. The minimum atomic E-state index is -1.02. The van der Waals surface area contributed by atoms with E-state index >= 15 is 0 Å². The number of aromatic nitrogens is 1. The Balaban J connectivity index is 2.08. The fraction of sp³-hybridized carbons (Fsp3) is 0.200. The summed E-state index contributed by atoms with van der Waals surface area (Å²) in [5.41, 5.74) is 1.72. The van der Waals surface area contributed by atoms with Gasteiger partial charge in [0.25, 0.3) is 0 Å². The van der Waals surface area contributed by atoms with E-state index in [0.29, 0.717) is 17.9 Å². The third kappa shape index (κ3) is 3.33. The molecule has 104 valence electrons. The Hall–Kier alpha value is -2.40. The normalized spacial score (nSPS) is 10.2. The van der Waals surface area contributed by atoms with Crippen molar-refractivity contribution in [2.24, 2.45) is 0 Å². The highest BCUT2D eigenvalue weighted by atomic mass is 16.5. The number of rotatable bonds is 6. The van der Waals surface area contributed by atoms with Crippen molar-refractivity contribution < 1.29 is 19.4 Å². The molecular formula is C15H15NO4. The summed E-state index contributed by atoms with van der Waals surface area (Å²) in [7, 11) is 1.45. The Morgan fingerprint density at radius 3 is 2.60 bits per heavy atom. The van der Waals surface area contributed by atoms with Crippen LogP contribution in [0.3, 0.4) is 0 Å². The Kier molecular flexibility index (Phi) is 4.68. The molecule has 0 amide bonds. The molecule has 1 N–H and O–H groups in total. The topological polar surface area (TPSA) is 68.7 Å². The van der Waals surface area contributed by atoms with Gasteiger partial charge in [-0.1, -0.05) is 12.1 Å². The molecule has 0 aliphatic heterocycles. The maximum atomic E-state index is 11.3. The van der Waals surface area contributed by atoms with Crippen molar-refractivity contribution in [1.82, 2.24) is 4.98 Å². The lowest BCUT2D eigenvalue weighted by atomic mass is 10.1. The van der Waals surface area contributed by atoms with Crippen LogP contribution >= 0.6 is 0 Å². The van der Waals surface area contributed by atoms with E-state index in [1.807, 2.05) is 12.1 Å². The fourth-order valence-corrected chi connectivity index (χ4v) is 1.87. The lowest BCUT2D eigenvalue weighted by Gasteiger charge is -2.11. The molecule has 1 aromatic carbocycles. The van der Waals surface area contributed by atoms with Gasteiger partial charge in [-0.2, -0.15) is 0 Å². The third-order valence-corrected chi connectivity index (χ3v) is 2.82. The van der Waals surface area contributed by atoms with E-state index in [0.717, 1.165) is 5.56 Å². The minimum absolute atomic E-state index is 0.143. The van der Waals surface area contributed by atoms with E-state index in [9.17, 15) is 9.90 Å². The zero-order valence-corrected chi connectivity index (χ0v) is 11.1. The summed E-state index contributed by atoms with van der Waals surface area (Å²) in [5.74, 6) is -0.688. The molecule has 0 saturated carbocycles. The SMILES string of the molecule is COc1cccc(COCc2ccncc2)c1C(=O)O. The van der Waals surface area contributed by atoms with Crippen molar-refractivity contribution in [3.63, 3.8) is 0 Å². The number of ether oxygens (including phenoxy) is 2. The van der Waals surface area contributed by atoms with Crippen LogP contribution in [0.4, 0.5) is 0 Å². The van der Waals surface area contributed by atoms with Gasteiger partial charge in [0.2, 0.25) is 0 Å². The van der Waals surface area contributed by atoms with Crippen molar-refractivity contribution in [1.29, 1.82) is 0 Å². The second-order valence-electron chi connectivity index (χ2n) is 4.15. The number of benzene rings is 1. The molecule has 1 aromatic heterocycles. The van der Waals surface area contributed by atoms with E-state index in [-0.39, 0.29) is 12.2 Å². The number of hydrogen-bond donors (Lipinski definition) is 1. The Morgan fingerprint density at radius 1 is 1.20 bits per heavy atom. The first-order valence-corrected chi connectivity index (χ1v) is 6.08. The summed E-state index contributed by atoms with van der Waals surface area (Å²) in [5, 5.41) is 9.25. The van der Waals surface area contributed by atoms with Gasteiger partial charge in [0.1, 0.15) is 11.3 Å². The number of carbonyl (C=O) groups is 1. The van der Waals surface area contributed by atoms with Gasteiger partial charge < -0.3 is 14.6 Å². The molecule has 20 heavy (non-hydrogen) atoms. The van der Waals surface area contributed by atoms with Gasteiger partial charge in [0, 0.05) is 12.4 Å². The van der Waals surface area contributed by atoms with Gasteiger partial charge in [-0.15, -0.1) is 0 Å². The lowest BCUT2D eigenvalue weighted by molar-refractivity contribution is 0.0680. The van der Waals surface area contributed by atoms with Crippen LogP contribution in [0.2, 0.25) is 0 Å². The van der Waals surface area contributed by atoms with Gasteiger partial charge in [-0.05, 0) is 29.3 Å². The smallest absolute Gasteiger partial charge is 0.339 e. The van der Waals surface area contributed by atoms with Crippen LogP contribution in [0.25, 0.3) is 0 Å². The Bertz CT molecular complexity index is 584. The molecule has 0 bridgehead atoms. The highest BCUT2D eigenvalue weighted by Crippen LogP contribution is 2.23. The van der Waals surface area contributed by atoms with Crippen LogP contribution < -0.4 is 4.74 Å². The zero-order chi connectivity index (χ0) is 14.4. The zero-order valence-electron chi connectivity index (χ0n) is 11.1.